The normalized spacial score (nSPS) is 12.0. The molecule has 0 radical (unpaired) electrons. The fourth-order valence-electron chi connectivity index (χ4n) is 2.90. The minimum atomic E-state index is -4.47. The summed E-state index contributed by atoms with van der Waals surface area (Å²) in [6, 6.07) is 9.75. The summed E-state index contributed by atoms with van der Waals surface area (Å²) in [5, 5.41) is 3.55. The lowest BCUT2D eigenvalue weighted by Crippen LogP contribution is -2.24. The van der Waals surface area contributed by atoms with Gasteiger partial charge in [-0.1, -0.05) is 24.3 Å². The average molecular weight is 397 g/mol. The predicted octanol–water partition coefficient (Wildman–Crippen LogP) is 4.56. The van der Waals surface area contributed by atoms with Gasteiger partial charge in [0.15, 0.2) is 0 Å². The Morgan fingerprint density at radius 2 is 1.75 bits per heavy atom. The molecule has 0 unspecified atom stereocenters. The second-order valence-electron chi connectivity index (χ2n) is 6.37. The first-order chi connectivity index (χ1) is 13.1. The van der Waals surface area contributed by atoms with E-state index in [1.54, 1.807) is 25.1 Å². The van der Waals surface area contributed by atoms with Gasteiger partial charge in [-0.25, -0.2) is 18.3 Å². The number of benzene rings is 2. The lowest BCUT2D eigenvalue weighted by atomic mass is 9.98. The second kappa shape index (κ2) is 7.21. The van der Waals surface area contributed by atoms with E-state index in [4.69, 9.17) is 0 Å². The van der Waals surface area contributed by atoms with Crippen LogP contribution in [0, 0.1) is 6.92 Å². The molecular weight excluding hydrogens is 381 g/mol. The summed E-state index contributed by atoms with van der Waals surface area (Å²) in [5.41, 5.74) is 0.597. The zero-order valence-corrected chi connectivity index (χ0v) is 15.0. The molecule has 0 saturated carbocycles. The molecule has 9 heteroatoms. The van der Waals surface area contributed by atoms with Crippen molar-refractivity contribution >= 4 is 0 Å². The monoisotopic (exact) mass is 397 g/mol. The van der Waals surface area contributed by atoms with Crippen LogP contribution in [0.3, 0.4) is 0 Å². The molecule has 0 spiro atoms. The lowest BCUT2D eigenvalue weighted by molar-refractivity contribution is -0.137. The Balaban J connectivity index is 2.04. The zero-order valence-electron chi connectivity index (χ0n) is 15.0. The van der Waals surface area contributed by atoms with Crippen molar-refractivity contribution in [3.05, 3.63) is 75.5 Å². The third kappa shape index (κ3) is 3.83. The van der Waals surface area contributed by atoms with Gasteiger partial charge in [0.2, 0.25) is 5.82 Å². The number of aromatic nitrogens is 3. The van der Waals surface area contributed by atoms with Crippen LogP contribution >= 0.6 is 0 Å². The Bertz CT molecular complexity index is 1070. The topological polar surface area (TPSA) is 39.8 Å². The second-order valence-corrected chi connectivity index (χ2v) is 6.37. The van der Waals surface area contributed by atoms with Crippen LogP contribution in [0.4, 0.5) is 22.0 Å². The number of alkyl halides is 5. The van der Waals surface area contributed by atoms with Crippen LogP contribution < -0.4 is 5.69 Å². The first kappa shape index (κ1) is 19.8. The first-order valence-electron chi connectivity index (χ1n) is 8.27. The Labute approximate surface area is 156 Å². The summed E-state index contributed by atoms with van der Waals surface area (Å²) < 4.78 is 66.9. The van der Waals surface area contributed by atoms with Gasteiger partial charge >= 0.3 is 11.9 Å². The minimum Gasteiger partial charge on any atom is -0.270 e. The van der Waals surface area contributed by atoms with Crippen molar-refractivity contribution in [2.45, 2.75) is 26.1 Å². The fourth-order valence-corrected chi connectivity index (χ4v) is 2.90. The van der Waals surface area contributed by atoms with E-state index in [1.807, 2.05) is 0 Å². The third-order valence-corrected chi connectivity index (χ3v) is 4.43. The van der Waals surface area contributed by atoms with E-state index in [9.17, 15) is 26.7 Å². The molecule has 148 valence electrons. The lowest BCUT2D eigenvalue weighted by Gasteiger charge is -2.12. The van der Waals surface area contributed by atoms with Gasteiger partial charge in [0.25, 0.3) is 6.43 Å². The van der Waals surface area contributed by atoms with E-state index >= 15 is 0 Å². The van der Waals surface area contributed by atoms with Gasteiger partial charge in [-0.15, -0.1) is 5.10 Å². The van der Waals surface area contributed by atoms with E-state index in [0.29, 0.717) is 22.3 Å². The molecule has 0 aliphatic rings. The molecule has 0 atom stereocenters. The summed E-state index contributed by atoms with van der Waals surface area (Å²) >= 11 is 0. The predicted molar refractivity (Wildman–Crippen MR) is 93.1 cm³/mol. The van der Waals surface area contributed by atoms with Crippen LogP contribution in [-0.2, 0) is 19.8 Å². The maximum absolute atomic E-state index is 13.2. The maximum atomic E-state index is 13.2. The van der Waals surface area contributed by atoms with E-state index in [2.05, 4.69) is 5.10 Å². The van der Waals surface area contributed by atoms with E-state index in [-0.39, 0.29) is 6.54 Å². The van der Waals surface area contributed by atoms with Crippen molar-refractivity contribution < 1.29 is 22.0 Å². The van der Waals surface area contributed by atoms with Gasteiger partial charge in [-0.3, -0.25) is 4.57 Å². The molecule has 0 aliphatic carbocycles. The van der Waals surface area contributed by atoms with Crippen LogP contribution in [0.2, 0.25) is 0 Å². The quantitative estimate of drug-likeness (QED) is 0.606. The van der Waals surface area contributed by atoms with Crippen molar-refractivity contribution in [3.63, 3.8) is 0 Å². The number of nitrogens with zero attached hydrogens (tertiary/aromatic N) is 3. The van der Waals surface area contributed by atoms with E-state index in [0.717, 1.165) is 21.4 Å². The van der Waals surface area contributed by atoms with Gasteiger partial charge < -0.3 is 0 Å². The highest BCUT2D eigenvalue weighted by atomic mass is 19.4. The molecule has 0 aliphatic heterocycles. The Morgan fingerprint density at radius 3 is 2.39 bits per heavy atom. The molecule has 28 heavy (non-hydrogen) atoms. The van der Waals surface area contributed by atoms with E-state index in [1.165, 1.54) is 19.2 Å². The molecule has 3 rings (SSSR count). The summed E-state index contributed by atoms with van der Waals surface area (Å²) in [4.78, 5) is 12.1. The molecule has 0 N–H and O–H groups in total. The Kier molecular flexibility index (Phi) is 5.10. The third-order valence-electron chi connectivity index (χ3n) is 4.43. The molecule has 1 heterocycles. The molecule has 0 amide bonds. The van der Waals surface area contributed by atoms with Crippen molar-refractivity contribution in [2.24, 2.45) is 7.05 Å². The highest BCUT2D eigenvalue weighted by Crippen LogP contribution is 2.32. The maximum Gasteiger partial charge on any atom is 0.416 e. The molecule has 0 bridgehead atoms. The molecule has 2 aromatic carbocycles. The van der Waals surface area contributed by atoms with Gasteiger partial charge in [0.1, 0.15) is 0 Å². The zero-order chi connectivity index (χ0) is 20.6. The highest BCUT2D eigenvalue weighted by Gasteiger charge is 2.30. The Morgan fingerprint density at radius 1 is 1.07 bits per heavy atom. The van der Waals surface area contributed by atoms with Crippen LogP contribution in [0.25, 0.3) is 11.1 Å². The molecular formula is C19H16F5N3O. The SMILES string of the molecule is Cc1ccc(-c2cccc(C(F)(F)F)c2)cc1Cn1c(C(F)F)nn(C)c1=O. The van der Waals surface area contributed by atoms with Gasteiger partial charge in [-0.2, -0.15) is 13.2 Å². The van der Waals surface area contributed by atoms with Gasteiger partial charge in [-0.05, 0) is 47.4 Å². The number of halogens is 5. The number of rotatable bonds is 4. The Hall–Kier alpha value is -2.97. The summed E-state index contributed by atoms with van der Waals surface area (Å²) in [5.74, 6) is -0.656. The molecule has 1 aromatic heterocycles. The number of hydrogen-bond acceptors (Lipinski definition) is 2. The van der Waals surface area contributed by atoms with Gasteiger partial charge in [0.05, 0.1) is 12.1 Å². The first-order valence-corrected chi connectivity index (χ1v) is 8.27. The van der Waals surface area contributed by atoms with Crippen molar-refractivity contribution in [2.75, 3.05) is 0 Å². The number of aryl methyl sites for hydroxylation is 2. The summed E-state index contributed by atoms with van der Waals surface area (Å²) in [6.45, 7) is 1.57. The molecule has 3 aromatic rings. The highest BCUT2D eigenvalue weighted by molar-refractivity contribution is 5.66. The summed E-state index contributed by atoms with van der Waals surface area (Å²) in [7, 11) is 1.27. The van der Waals surface area contributed by atoms with Crippen LogP contribution in [0.1, 0.15) is 28.9 Å². The largest absolute Gasteiger partial charge is 0.416 e. The van der Waals surface area contributed by atoms with E-state index < -0.39 is 29.7 Å². The minimum absolute atomic E-state index is 0.162. The van der Waals surface area contributed by atoms with Crippen molar-refractivity contribution in [3.8, 4) is 11.1 Å². The van der Waals surface area contributed by atoms with Crippen molar-refractivity contribution in [1.82, 2.24) is 14.3 Å². The van der Waals surface area contributed by atoms with Gasteiger partial charge in [0, 0.05) is 7.05 Å². The standard InChI is InChI=1S/C19H16F5N3O/c1-11-6-7-13(12-4-3-5-15(9-12)19(22,23)24)8-14(11)10-27-17(16(20)21)25-26(2)18(27)28/h3-9,16H,10H2,1-2H3. The molecule has 4 nitrogen and oxygen atoms in total. The fraction of sp³-hybridized carbons (Fsp3) is 0.263. The molecule has 0 fully saturated rings. The smallest absolute Gasteiger partial charge is 0.270 e. The van der Waals surface area contributed by atoms with Crippen LogP contribution in [0.5, 0.6) is 0 Å². The van der Waals surface area contributed by atoms with Crippen LogP contribution in [-0.4, -0.2) is 14.3 Å². The average Bonchev–Trinajstić information content (AvgIpc) is 2.91. The van der Waals surface area contributed by atoms with Crippen molar-refractivity contribution in [1.29, 1.82) is 0 Å². The molecule has 0 saturated heterocycles. The summed E-state index contributed by atoms with van der Waals surface area (Å²) in [6.07, 6.45) is -7.40. The number of hydrogen-bond donors (Lipinski definition) is 0. The van der Waals surface area contributed by atoms with Crippen LogP contribution in [0.15, 0.2) is 47.3 Å².